The maximum absolute atomic E-state index is 13.1. The second-order valence-corrected chi connectivity index (χ2v) is 6.60. The third-order valence-corrected chi connectivity index (χ3v) is 4.43. The van der Waals surface area contributed by atoms with Crippen LogP contribution in [0.3, 0.4) is 0 Å². The highest BCUT2D eigenvalue weighted by Gasteiger charge is 2.43. The van der Waals surface area contributed by atoms with E-state index in [-0.39, 0.29) is 24.0 Å². The standard InChI is InChI=1S/C21H24F2N2O5/c1-4-25(12-14-6-8-16(28-5-2)18(10-14)27-3)13-20(26)24-15-7-9-17-19(11-15)30-21(22,23)29-17/h6-11H,4-5,12-13H2,1-3H3,(H,24,26). The lowest BCUT2D eigenvalue weighted by atomic mass is 10.2. The molecule has 1 heterocycles. The van der Waals surface area contributed by atoms with E-state index in [2.05, 4.69) is 14.8 Å². The van der Waals surface area contributed by atoms with Gasteiger partial charge in [-0.05, 0) is 43.3 Å². The molecule has 7 nitrogen and oxygen atoms in total. The summed E-state index contributed by atoms with van der Waals surface area (Å²) in [5, 5.41) is 2.69. The lowest BCUT2D eigenvalue weighted by Crippen LogP contribution is -2.32. The zero-order valence-corrected chi connectivity index (χ0v) is 17.0. The third kappa shape index (κ3) is 5.29. The van der Waals surface area contributed by atoms with Gasteiger partial charge in [0, 0.05) is 18.3 Å². The zero-order valence-electron chi connectivity index (χ0n) is 17.0. The van der Waals surface area contributed by atoms with Gasteiger partial charge < -0.3 is 24.3 Å². The number of nitrogens with one attached hydrogen (secondary N) is 1. The minimum Gasteiger partial charge on any atom is -0.493 e. The molecule has 0 spiro atoms. The van der Waals surface area contributed by atoms with Crippen molar-refractivity contribution in [1.29, 1.82) is 0 Å². The van der Waals surface area contributed by atoms with E-state index in [0.717, 1.165) is 5.56 Å². The molecule has 30 heavy (non-hydrogen) atoms. The first kappa shape index (κ1) is 21.6. The van der Waals surface area contributed by atoms with Crippen molar-refractivity contribution in [2.75, 3.05) is 32.1 Å². The molecular formula is C21H24F2N2O5. The number of anilines is 1. The van der Waals surface area contributed by atoms with Gasteiger partial charge >= 0.3 is 6.29 Å². The number of methoxy groups -OCH3 is 1. The quantitative estimate of drug-likeness (QED) is 0.662. The second-order valence-electron chi connectivity index (χ2n) is 6.60. The molecule has 0 aromatic heterocycles. The van der Waals surface area contributed by atoms with Crippen molar-refractivity contribution in [1.82, 2.24) is 4.90 Å². The molecule has 9 heteroatoms. The Labute approximate surface area is 173 Å². The minimum atomic E-state index is -3.69. The van der Waals surface area contributed by atoms with Crippen molar-refractivity contribution in [3.63, 3.8) is 0 Å². The molecule has 0 bridgehead atoms. The largest absolute Gasteiger partial charge is 0.586 e. The van der Waals surface area contributed by atoms with Crippen LogP contribution >= 0.6 is 0 Å². The minimum absolute atomic E-state index is 0.0716. The predicted molar refractivity (Wildman–Crippen MR) is 106 cm³/mol. The molecule has 0 unspecified atom stereocenters. The molecule has 0 atom stereocenters. The average molecular weight is 422 g/mol. The first-order valence-corrected chi connectivity index (χ1v) is 9.55. The SMILES string of the molecule is CCOc1ccc(CN(CC)CC(=O)Nc2ccc3c(c2)OC(F)(F)O3)cc1OC. The van der Waals surface area contributed by atoms with Crippen LogP contribution in [0.1, 0.15) is 19.4 Å². The lowest BCUT2D eigenvalue weighted by Gasteiger charge is -2.21. The number of alkyl halides is 2. The van der Waals surface area contributed by atoms with Crippen LogP contribution in [-0.2, 0) is 11.3 Å². The number of likely N-dealkylation sites (N-methyl/N-ethyl adjacent to an activating group) is 1. The summed E-state index contributed by atoms with van der Waals surface area (Å²) < 4.78 is 45.9. The number of nitrogens with zero attached hydrogens (tertiary/aromatic N) is 1. The Morgan fingerprint density at radius 3 is 2.57 bits per heavy atom. The van der Waals surface area contributed by atoms with Gasteiger partial charge in [0.1, 0.15) is 0 Å². The van der Waals surface area contributed by atoms with Crippen LogP contribution in [0.4, 0.5) is 14.5 Å². The van der Waals surface area contributed by atoms with Gasteiger partial charge in [-0.25, -0.2) is 0 Å². The Morgan fingerprint density at radius 1 is 1.10 bits per heavy atom. The second kappa shape index (κ2) is 9.17. The highest BCUT2D eigenvalue weighted by atomic mass is 19.3. The van der Waals surface area contributed by atoms with Gasteiger partial charge in [0.15, 0.2) is 23.0 Å². The molecule has 2 aromatic carbocycles. The molecule has 0 fully saturated rings. The number of fused-ring (bicyclic) bond motifs is 1. The summed E-state index contributed by atoms with van der Waals surface area (Å²) in [6, 6.07) is 9.76. The number of benzene rings is 2. The van der Waals surface area contributed by atoms with Gasteiger partial charge in [-0.3, -0.25) is 9.69 Å². The number of ether oxygens (including phenoxy) is 4. The van der Waals surface area contributed by atoms with Crippen LogP contribution in [-0.4, -0.2) is 43.9 Å². The van der Waals surface area contributed by atoms with E-state index < -0.39 is 6.29 Å². The van der Waals surface area contributed by atoms with Crippen LogP contribution in [0, 0.1) is 0 Å². The van der Waals surface area contributed by atoms with Crippen molar-refractivity contribution in [3.8, 4) is 23.0 Å². The van der Waals surface area contributed by atoms with E-state index in [1.165, 1.54) is 18.2 Å². The van der Waals surface area contributed by atoms with Gasteiger partial charge in [0.2, 0.25) is 5.91 Å². The zero-order chi connectivity index (χ0) is 21.7. The molecule has 0 radical (unpaired) electrons. The Bertz CT molecular complexity index is 907. The third-order valence-electron chi connectivity index (χ3n) is 4.43. The highest BCUT2D eigenvalue weighted by Crippen LogP contribution is 2.42. The summed E-state index contributed by atoms with van der Waals surface area (Å²) in [5.74, 6) is 0.828. The van der Waals surface area contributed by atoms with Crippen molar-refractivity contribution in [3.05, 3.63) is 42.0 Å². The highest BCUT2D eigenvalue weighted by molar-refractivity contribution is 5.92. The molecule has 3 rings (SSSR count). The maximum atomic E-state index is 13.1. The summed E-state index contributed by atoms with van der Waals surface area (Å²) >= 11 is 0. The predicted octanol–water partition coefficient (Wildman–Crippen LogP) is 3.88. The first-order chi connectivity index (χ1) is 14.3. The first-order valence-electron chi connectivity index (χ1n) is 9.55. The Morgan fingerprint density at radius 2 is 1.87 bits per heavy atom. The molecule has 1 N–H and O–H groups in total. The fourth-order valence-electron chi connectivity index (χ4n) is 3.05. The van der Waals surface area contributed by atoms with Gasteiger partial charge in [-0.15, -0.1) is 8.78 Å². The van der Waals surface area contributed by atoms with Crippen LogP contribution < -0.4 is 24.3 Å². The number of carbonyl (C=O) groups excluding carboxylic acids is 1. The lowest BCUT2D eigenvalue weighted by molar-refractivity contribution is -0.286. The topological polar surface area (TPSA) is 69.3 Å². The normalized spacial score (nSPS) is 13.9. The van der Waals surface area contributed by atoms with Crippen molar-refractivity contribution < 1.29 is 32.5 Å². The van der Waals surface area contributed by atoms with E-state index in [1.54, 1.807) is 7.11 Å². The van der Waals surface area contributed by atoms with Gasteiger partial charge in [0.25, 0.3) is 0 Å². The van der Waals surface area contributed by atoms with Crippen LogP contribution in [0.5, 0.6) is 23.0 Å². The fourth-order valence-corrected chi connectivity index (χ4v) is 3.05. The molecule has 0 aliphatic carbocycles. The summed E-state index contributed by atoms with van der Waals surface area (Å²) in [6.45, 7) is 5.67. The Hall–Kier alpha value is -3.07. The summed E-state index contributed by atoms with van der Waals surface area (Å²) in [7, 11) is 1.58. The molecule has 1 amide bonds. The van der Waals surface area contributed by atoms with Crippen molar-refractivity contribution >= 4 is 11.6 Å². The number of rotatable bonds is 9. The molecule has 1 aliphatic heterocycles. The van der Waals surface area contributed by atoms with E-state index >= 15 is 0 Å². The number of amides is 1. The molecular weight excluding hydrogens is 398 g/mol. The molecule has 162 valence electrons. The van der Waals surface area contributed by atoms with Crippen LogP contribution in [0.2, 0.25) is 0 Å². The van der Waals surface area contributed by atoms with E-state index in [0.29, 0.717) is 36.9 Å². The smallest absolute Gasteiger partial charge is 0.493 e. The molecule has 1 aliphatic rings. The Balaban J connectivity index is 1.60. The van der Waals surface area contributed by atoms with E-state index in [4.69, 9.17) is 9.47 Å². The van der Waals surface area contributed by atoms with E-state index in [9.17, 15) is 13.6 Å². The number of hydrogen-bond donors (Lipinski definition) is 1. The van der Waals surface area contributed by atoms with Crippen molar-refractivity contribution in [2.24, 2.45) is 0 Å². The molecule has 0 saturated carbocycles. The van der Waals surface area contributed by atoms with Gasteiger partial charge in [-0.1, -0.05) is 13.0 Å². The summed E-state index contributed by atoms with van der Waals surface area (Å²) in [5.41, 5.74) is 1.31. The van der Waals surface area contributed by atoms with Gasteiger partial charge in [0.05, 0.1) is 20.3 Å². The van der Waals surface area contributed by atoms with Crippen molar-refractivity contribution in [2.45, 2.75) is 26.7 Å². The maximum Gasteiger partial charge on any atom is 0.586 e. The van der Waals surface area contributed by atoms with Crippen LogP contribution in [0.25, 0.3) is 0 Å². The summed E-state index contributed by atoms with van der Waals surface area (Å²) in [6.07, 6.45) is -3.69. The molecule has 0 saturated heterocycles. The van der Waals surface area contributed by atoms with Gasteiger partial charge in [-0.2, -0.15) is 0 Å². The number of carbonyl (C=O) groups is 1. The number of halogens is 2. The number of hydrogen-bond acceptors (Lipinski definition) is 6. The van der Waals surface area contributed by atoms with Crippen LogP contribution in [0.15, 0.2) is 36.4 Å². The van der Waals surface area contributed by atoms with E-state index in [1.807, 2.05) is 36.9 Å². The monoisotopic (exact) mass is 422 g/mol. The fraction of sp³-hybridized carbons (Fsp3) is 0.381. The molecule has 2 aromatic rings. The average Bonchev–Trinajstić information content (AvgIpc) is 3.01. The summed E-state index contributed by atoms with van der Waals surface area (Å²) in [4.78, 5) is 14.4. The Kier molecular flexibility index (Phi) is 6.61.